The van der Waals surface area contributed by atoms with Crippen molar-refractivity contribution in [3.8, 4) is 0 Å². The Kier molecular flexibility index (Phi) is 2.25. The number of fused-ring (bicyclic) bond motifs is 1. The van der Waals surface area contributed by atoms with Crippen LogP contribution < -0.4 is 5.73 Å². The van der Waals surface area contributed by atoms with Crippen molar-refractivity contribution in [3.63, 3.8) is 0 Å². The van der Waals surface area contributed by atoms with Gasteiger partial charge < -0.3 is 10.7 Å². The molecule has 1 aliphatic rings. The number of para-hydroxylation sites is 1. The predicted octanol–water partition coefficient (Wildman–Crippen LogP) is 2.93. The Morgan fingerprint density at radius 3 is 2.81 bits per heavy atom. The Labute approximate surface area is 95.8 Å². The van der Waals surface area contributed by atoms with Crippen molar-refractivity contribution in [2.24, 2.45) is 11.7 Å². The lowest BCUT2D eigenvalue weighted by Gasteiger charge is -2.14. The summed E-state index contributed by atoms with van der Waals surface area (Å²) in [4.78, 5) is 3.47. The molecule has 1 unspecified atom stereocenters. The van der Waals surface area contributed by atoms with Crippen LogP contribution in [0.4, 0.5) is 0 Å². The van der Waals surface area contributed by atoms with Crippen LogP contribution in [0.1, 0.15) is 30.0 Å². The summed E-state index contributed by atoms with van der Waals surface area (Å²) in [6, 6.07) is 8.54. The summed E-state index contributed by atoms with van der Waals surface area (Å²) in [6.45, 7) is 2.94. The van der Waals surface area contributed by atoms with Gasteiger partial charge in [0.1, 0.15) is 0 Å². The van der Waals surface area contributed by atoms with E-state index in [2.05, 4.69) is 36.2 Å². The average molecular weight is 214 g/mol. The van der Waals surface area contributed by atoms with Gasteiger partial charge in [-0.15, -0.1) is 0 Å². The molecule has 84 valence electrons. The summed E-state index contributed by atoms with van der Waals surface area (Å²) < 4.78 is 0. The Hall–Kier alpha value is -1.28. The number of H-pyrrole nitrogens is 1. The van der Waals surface area contributed by atoms with E-state index >= 15 is 0 Å². The van der Waals surface area contributed by atoms with Crippen molar-refractivity contribution in [1.82, 2.24) is 4.98 Å². The zero-order chi connectivity index (χ0) is 11.1. The molecule has 2 nitrogen and oxygen atoms in total. The standard InChI is InChI=1S/C14H18N2/c1-9-14(12(8-15)10-6-7-10)11-4-2-3-5-13(11)16-9/h2-5,10,12,16H,6-8,15H2,1H3. The molecule has 1 fully saturated rings. The smallest absolute Gasteiger partial charge is 0.0458 e. The van der Waals surface area contributed by atoms with Crippen molar-refractivity contribution in [2.45, 2.75) is 25.7 Å². The Balaban J connectivity index is 2.16. The molecule has 1 heterocycles. The molecule has 0 spiro atoms. The molecule has 0 saturated heterocycles. The summed E-state index contributed by atoms with van der Waals surface area (Å²) in [5.74, 6) is 1.37. The van der Waals surface area contributed by atoms with Gasteiger partial charge in [0.25, 0.3) is 0 Å². The molecule has 1 aromatic heterocycles. The molecule has 0 aliphatic heterocycles. The van der Waals surface area contributed by atoms with E-state index in [1.54, 1.807) is 0 Å². The van der Waals surface area contributed by atoms with Crippen LogP contribution in [-0.2, 0) is 0 Å². The van der Waals surface area contributed by atoms with Gasteiger partial charge in [-0.3, -0.25) is 0 Å². The maximum Gasteiger partial charge on any atom is 0.0458 e. The van der Waals surface area contributed by atoms with Crippen LogP contribution in [0.5, 0.6) is 0 Å². The number of nitrogens with two attached hydrogens (primary N) is 1. The van der Waals surface area contributed by atoms with Crippen LogP contribution in [0.3, 0.4) is 0 Å². The third kappa shape index (κ3) is 1.45. The van der Waals surface area contributed by atoms with Gasteiger partial charge in [-0.2, -0.15) is 0 Å². The second kappa shape index (κ2) is 3.63. The van der Waals surface area contributed by atoms with E-state index in [0.29, 0.717) is 5.92 Å². The fraction of sp³-hybridized carbons (Fsp3) is 0.429. The lowest BCUT2D eigenvalue weighted by atomic mass is 9.92. The number of benzene rings is 1. The summed E-state index contributed by atoms with van der Waals surface area (Å²) >= 11 is 0. The van der Waals surface area contributed by atoms with Crippen LogP contribution in [0.2, 0.25) is 0 Å². The molecular weight excluding hydrogens is 196 g/mol. The van der Waals surface area contributed by atoms with E-state index in [9.17, 15) is 0 Å². The van der Waals surface area contributed by atoms with Crippen molar-refractivity contribution >= 4 is 10.9 Å². The fourth-order valence-corrected chi connectivity index (χ4v) is 2.82. The number of aromatic amines is 1. The van der Waals surface area contributed by atoms with Crippen LogP contribution in [0, 0.1) is 12.8 Å². The number of aromatic nitrogens is 1. The van der Waals surface area contributed by atoms with Gasteiger partial charge in [-0.05, 0) is 43.9 Å². The molecule has 3 N–H and O–H groups in total. The van der Waals surface area contributed by atoms with E-state index in [1.165, 1.54) is 35.0 Å². The fourth-order valence-electron chi connectivity index (χ4n) is 2.82. The minimum atomic E-state index is 0.552. The second-order valence-electron chi connectivity index (χ2n) is 4.89. The van der Waals surface area contributed by atoms with Crippen LogP contribution in [0.15, 0.2) is 24.3 Å². The molecule has 0 amide bonds. The zero-order valence-electron chi connectivity index (χ0n) is 9.66. The van der Waals surface area contributed by atoms with E-state index in [4.69, 9.17) is 5.73 Å². The van der Waals surface area contributed by atoms with Crippen LogP contribution in [0.25, 0.3) is 10.9 Å². The van der Waals surface area contributed by atoms with Gasteiger partial charge in [-0.25, -0.2) is 0 Å². The zero-order valence-corrected chi connectivity index (χ0v) is 9.66. The highest BCUT2D eigenvalue weighted by molar-refractivity contribution is 5.85. The van der Waals surface area contributed by atoms with Crippen molar-refractivity contribution < 1.29 is 0 Å². The summed E-state index contributed by atoms with van der Waals surface area (Å²) in [5.41, 5.74) is 9.95. The molecule has 2 aromatic rings. The van der Waals surface area contributed by atoms with E-state index in [-0.39, 0.29) is 0 Å². The topological polar surface area (TPSA) is 41.8 Å². The Morgan fingerprint density at radius 2 is 2.12 bits per heavy atom. The maximum atomic E-state index is 5.95. The number of nitrogens with one attached hydrogen (secondary N) is 1. The quantitative estimate of drug-likeness (QED) is 0.810. The SMILES string of the molecule is Cc1[nH]c2ccccc2c1C(CN)C1CC1. The normalized spacial score (nSPS) is 17.9. The Bertz CT molecular complexity index is 508. The molecule has 1 saturated carbocycles. The van der Waals surface area contributed by atoms with Crippen molar-refractivity contribution in [3.05, 3.63) is 35.5 Å². The molecule has 16 heavy (non-hydrogen) atoms. The highest BCUT2D eigenvalue weighted by Gasteiger charge is 2.33. The molecule has 2 heteroatoms. The van der Waals surface area contributed by atoms with Crippen molar-refractivity contribution in [1.29, 1.82) is 0 Å². The second-order valence-corrected chi connectivity index (χ2v) is 4.89. The highest BCUT2D eigenvalue weighted by Crippen LogP contribution is 2.44. The number of hydrogen-bond acceptors (Lipinski definition) is 1. The van der Waals surface area contributed by atoms with Gasteiger partial charge >= 0.3 is 0 Å². The molecule has 3 rings (SSSR count). The van der Waals surface area contributed by atoms with Gasteiger partial charge in [0.05, 0.1) is 0 Å². The molecule has 0 radical (unpaired) electrons. The lowest BCUT2D eigenvalue weighted by molar-refractivity contribution is 0.616. The third-order valence-electron chi connectivity index (χ3n) is 3.76. The van der Waals surface area contributed by atoms with E-state index < -0.39 is 0 Å². The van der Waals surface area contributed by atoms with Gasteiger partial charge in [0.2, 0.25) is 0 Å². The minimum Gasteiger partial charge on any atom is -0.358 e. The summed E-state index contributed by atoms with van der Waals surface area (Å²) in [6.07, 6.45) is 2.70. The first-order chi connectivity index (χ1) is 7.81. The largest absolute Gasteiger partial charge is 0.358 e. The molecule has 1 aromatic carbocycles. The first-order valence-corrected chi connectivity index (χ1v) is 6.08. The number of hydrogen-bond donors (Lipinski definition) is 2. The minimum absolute atomic E-state index is 0.552. The third-order valence-corrected chi connectivity index (χ3v) is 3.76. The Morgan fingerprint density at radius 1 is 1.38 bits per heavy atom. The van der Waals surface area contributed by atoms with Gasteiger partial charge in [0.15, 0.2) is 0 Å². The maximum absolute atomic E-state index is 5.95. The van der Waals surface area contributed by atoms with Crippen LogP contribution >= 0.6 is 0 Å². The van der Waals surface area contributed by atoms with Gasteiger partial charge in [-0.1, -0.05) is 18.2 Å². The molecule has 1 aliphatic carbocycles. The monoisotopic (exact) mass is 214 g/mol. The number of aryl methyl sites for hydroxylation is 1. The average Bonchev–Trinajstić information content (AvgIpc) is 3.06. The van der Waals surface area contributed by atoms with Crippen molar-refractivity contribution in [2.75, 3.05) is 6.54 Å². The summed E-state index contributed by atoms with van der Waals surface area (Å²) in [7, 11) is 0. The number of rotatable bonds is 3. The van der Waals surface area contributed by atoms with E-state index in [1.807, 2.05) is 0 Å². The molecule has 1 atom stereocenters. The summed E-state index contributed by atoms with van der Waals surface area (Å²) in [5, 5.41) is 1.36. The molecular formula is C14H18N2. The highest BCUT2D eigenvalue weighted by atomic mass is 14.7. The first-order valence-electron chi connectivity index (χ1n) is 6.08. The van der Waals surface area contributed by atoms with Crippen LogP contribution in [-0.4, -0.2) is 11.5 Å². The molecule has 0 bridgehead atoms. The lowest BCUT2D eigenvalue weighted by Crippen LogP contribution is -2.14. The van der Waals surface area contributed by atoms with E-state index in [0.717, 1.165) is 12.5 Å². The predicted molar refractivity (Wildman–Crippen MR) is 67.6 cm³/mol. The first kappa shape index (κ1) is 9.91. The van der Waals surface area contributed by atoms with Gasteiger partial charge in [0, 0.05) is 22.5 Å².